The number of fused-ring (bicyclic) bond motifs is 1. The quantitative estimate of drug-likeness (QED) is 0.791. The smallest absolute Gasteiger partial charge is 0.135 e. The molecule has 0 spiro atoms. The Bertz CT molecular complexity index is 720. The van der Waals surface area contributed by atoms with Crippen LogP contribution < -0.4 is 4.74 Å². The van der Waals surface area contributed by atoms with E-state index in [1.54, 1.807) is 0 Å². The molecule has 0 saturated carbocycles. The monoisotopic (exact) mass is 268 g/mol. The molecule has 3 rings (SSSR count). The van der Waals surface area contributed by atoms with E-state index >= 15 is 0 Å². The van der Waals surface area contributed by atoms with Crippen molar-refractivity contribution in [2.75, 3.05) is 0 Å². The van der Waals surface area contributed by atoms with Crippen LogP contribution in [0.15, 0.2) is 48.5 Å². The zero-order valence-electron chi connectivity index (χ0n) is 11.3. The molecule has 0 bridgehead atoms. The molecule has 1 aromatic heterocycles. The van der Waals surface area contributed by atoms with Gasteiger partial charge in [0.05, 0.1) is 11.0 Å². The Morgan fingerprint density at radius 1 is 1.15 bits per heavy atom. The highest BCUT2D eigenvalue weighted by atomic mass is 16.5. The summed E-state index contributed by atoms with van der Waals surface area (Å²) >= 11 is 0. The van der Waals surface area contributed by atoms with Crippen LogP contribution in [0, 0.1) is 0 Å². The van der Waals surface area contributed by atoms with Crippen molar-refractivity contribution in [3.05, 3.63) is 59.9 Å². The van der Waals surface area contributed by atoms with Crippen molar-refractivity contribution in [1.29, 1.82) is 0 Å². The van der Waals surface area contributed by atoms with Gasteiger partial charge in [-0.1, -0.05) is 30.3 Å². The Labute approximate surface area is 117 Å². The van der Waals surface area contributed by atoms with Crippen LogP contribution in [0.25, 0.3) is 11.0 Å². The molecule has 0 aliphatic carbocycles. The van der Waals surface area contributed by atoms with Gasteiger partial charge in [-0.3, -0.25) is 0 Å². The van der Waals surface area contributed by atoms with Crippen LogP contribution >= 0.6 is 0 Å². The number of benzene rings is 2. The van der Waals surface area contributed by atoms with Gasteiger partial charge in [-0.15, -0.1) is 0 Å². The average Bonchev–Trinajstić information content (AvgIpc) is 2.82. The van der Waals surface area contributed by atoms with Gasteiger partial charge in [0.1, 0.15) is 24.8 Å². The van der Waals surface area contributed by atoms with Crippen molar-refractivity contribution in [2.24, 2.45) is 7.05 Å². The summed E-state index contributed by atoms with van der Waals surface area (Å²) in [7, 11) is 1.89. The summed E-state index contributed by atoms with van der Waals surface area (Å²) in [5.41, 5.74) is 2.96. The zero-order chi connectivity index (χ0) is 13.9. The molecule has 0 radical (unpaired) electrons. The lowest BCUT2D eigenvalue weighted by molar-refractivity contribution is 0.268. The molecule has 20 heavy (non-hydrogen) atoms. The van der Waals surface area contributed by atoms with Crippen LogP contribution in [0.4, 0.5) is 0 Å². The molecule has 0 saturated heterocycles. The van der Waals surface area contributed by atoms with E-state index in [0.29, 0.717) is 12.4 Å². The van der Waals surface area contributed by atoms with E-state index in [2.05, 4.69) is 4.98 Å². The standard InChI is InChI=1S/C16H16N2O2/c1-18-15-9-13(7-8-14(15)17-16(18)10-19)20-11-12-5-3-2-4-6-12/h2-9,19H,10-11H2,1H3. The lowest BCUT2D eigenvalue weighted by atomic mass is 10.2. The number of aliphatic hydroxyl groups is 1. The summed E-state index contributed by atoms with van der Waals surface area (Å²) in [6, 6.07) is 15.8. The van der Waals surface area contributed by atoms with E-state index in [4.69, 9.17) is 4.74 Å². The normalized spacial score (nSPS) is 10.9. The van der Waals surface area contributed by atoms with E-state index in [9.17, 15) is 5.11 Å². The number of hydrogen-bond acceptors (Lipinski definition) is 3. The van der Waals surface area contributed by atoms with Gasteiger partial charge in [0, 0.05) is 13.1 Å². The molecule has 4 nitrogen and oxygen atoms in total. The van der Waals surface area contributed by atoms with Crippen LogP contribution in [-0.4, -0.2) is 14.7 Å². The highest BCUT2D eigenvalue weighted by Crippen LogP contribution is 2.22. The van der Waals surface area contributed by atoms with Crippen molar-refractivity contribution in [2.45, 2.75) is 13.2 Å². The molecule has 4 heteroatoms. The Kier molecular flexibility index (Phi) is 3.39. The Morgan fingerprint density at radius 3 is 2.70 bits per heavy atom. The van der Waals surface area contributed by atoms with Crippen molar-refractivity contribution in [3.63, 3.8) is 0 Å². The fraction of sp³-hybridized carbons (Fsp3) is 0.188. The van der Waals surface area contributed by atoms with E-state index in [1.807, 2.05) is 60.1 Å². The maximum atomic E-state index is 9.23. The molecule has 0 atom stereocenters. The fourth-order valence-corrected chi connectivity index (χ4v) is 2.19. The second kappa shape index (κ2) is 5.35. The third-order valence-electron chi connectivity index (χ3n) is 3.33. The summed E-state index contributed by atoms with van der Waals surface area (Å²) in [5.74, 6) is 1.45. The third kappa shape index (κ3) is 2.38. The second-order valence-corrected chi connectivity index (χ2v) is 4.67. The second-order valence-electron chi connectivity index (χ2n) is 4.67. The van der Waals surface area contributed by atoms with Crippen molar-refractivity contribution in [1.82, 2.24) is 9.55 Å². The van der Waals surface area contributed by atoms with E-state index in [-0.39, 0.29) is 6.61 Å². The molecule has 0 amide bonds. The number of hydrogen-bond donors (Lipinski definition) is 1. The molecule has 0 fully saturated rings. The summed E-state index contributed by atoms with van der Waals surface area (Å²) in [6.45, 7) is 0.475. The predicted molar refractivity (Wildman–Crippen MR) is 77.4 cm³/mol. The summed E-state index contributed by atoms with van der Waals surface area (Å²) < 4.78 is 7.67. The van der Waals surface area contributed by atoms with Gasteiger partial charge >= 0.3 is 0 Å². The lowest BCUT2D eigenvalue weighted by Gasteiger charge is -2.06. The average molecular weight is 268 g/mol. The number of aromatic nitrogens is 2. The van der Waals surface area contributed by atoms with Crippen molar-refractivity contribution in [3.8, 4) is 5.75 Å². The van der Waals surface area contributed by atoms with Gasteiger partial charge in [-0.2, -0.15) is 0 Å². The first kappa shape index (κ1) is 12.7. The van der Waals surface area contributed by atoms with Crippen LogP contribution in [0.3, 0.4) is 0 Å². The van der Waals surface area contributed by atoms with E-state index in [1.165, 1.54) is 0 Å². The summed E-state index contributed by atoms with van der Waals surface area (Å²) in [5, 5.41) is 9.23. The molecule has 2 aromatic carbocycles. The van der Waals surface area contributed by atoms with E-state index < -0.39 is 0 Å². The molecule has 3 aromatic rings. The minimum absolute atomic E-state index is 0.0641. The molecule has 0 aliphatic heterocycles. The number of ether oxygens (including phenoxy) is 1. The maximum absolute atomic E-state index is 9.23. The summed E-state index contributed by atoms with van der Waals surface area (Å²) in [6.07, 6.45) is 0. The molecule has 1 heterocycles. The first-order chi connectivity index (χ1) is 9.78. The lowest BCUT2D eigenvalue weighted by Crippen LogP contribution is -1.97. The van der Waals surface area contributed by atoms with Gasteiger partial charge in [-0.25, -0.2) is 4.98 Å². The van der Waals surface area contributed by atoms with Gasteiger partial charge < -0.3 is 14.4 Å². The Hall–Kier alpha value is -2.33. The highest BCUT2D eigenvalue weighted by Gasteiger charge is 2.07. The SMILES string of the molecule is Cn1c(CO)nc2ccc(OCc3ccccc3)cc21. The number of rotatable bonds is 4. The predicted octanol–water partition coefficient (Wildman–Crippen LogP) is 2.64. The first-order valence-corrected chi connectivity index (χ1v) is 6.51. The van der Waals surface area contributed by atoms with Crippen LogP contribution in [0.2, 0.25) is 0 Å². The first-order valence-electron chi connectivity index (χ1n) is 6.51. The Morgan fingerprint density at radius 2 is 1.95 bits per heavy atom. The van der Waals surface area contributed by atoms with Gasteiger partial charge in [0.2, 0.25) is 0 Å². The minimum Gasteiger partial charge on any atom is -0.489 e. The molecule has 0 aliphatic rings. The fourth-order valence-electron chi connectivity index (χ4n) is 2.19. The van der Waals surface area contributed by atoms with Crippen molar-refractivity contribution < 1.29 is 9.84 Å². The number of nitrogens with zero attached hydrogens (tertiary/aromatic N) is 2. The maximum Gasteiger partial charge on any atom is 0.135 e. The van der Waals surface area contributed by atoms with Crippen molar-refractivity contribution >= 4 is 11.0 Å². The minimum atomic E-state index is -0.0641. The topological polar surface area (TPSA) is 47.3 Å². The molecule has 1 N–H and O–H groups in total. The van der Waals surface area contributed by atoms with Crippen LogP contribution in [0.1, 0.15) is 11.4 Å². The number of imidazole rings is 1. The van der Waals surface area contributed by atoms with Crippen LogP contribution in [-0.2, 0) is 20.3 Å². The molecular formula is C16H16N2O2. The third-order valence-corrected chi connectivity index (χ3v) is 3.33. The van der Waals surface area contributed by atoms with Crippen LogP contribution in [0.5, 0.6) is 5.75 Å². The molecular weight excluding hydrogens is 252 g/mol. The van der Waals surface area contributed by atoms with Gasteiger partial charge in [-0.05, 0) is 17.7 Å². The number of aliphatic hydroxyl groups excluding tert-OH is 1. The zero-order valence-corrected chi connectivity index (χ0v) is 11.3. The Balaban J connectivity index is 1.84. The summed E-state index contributed by atoms with van der Waals surface area (Å²) in [4.78, 5) is 4.35. The van der Waals surface area contributed by atoms with E-state index in [0.717, 1.165) is 22.3 Å². The van der Waals surface area contributed by atoms with Gasteiger partial charge in [0.25, 0.3) is 0 Å². The molecule has 102 valence electrons. The largest absolute Gasteiger partial charge is 0.489 e. The molecule has 0 unspecified atom stereocenters. The highest BCUT2D eigenvalue weighted by molar-refractivity contribution is 5.77. The van der Waals surface area contributed by atoms with Gasteiger partial charge in [0.15, 0.2) is 0 Å². The number of aryl methyl sites for hydroxylation is 1.